The van der Waals surface area contributed by atoms with E-state index in [9.17, 15) is 10.1 Å². The monoisotopic (exact) mass is 364 g/mol. The highest BCUT2D eigenvalue weighted by Gasteiger charge is 2.17. The molecule has 0 aliphatic carbocycles. The molecule has 0 saturated heterocycles. The van der Waals surface area contributed by atoms with E-state index < -0.39 is 5.91 Å². The van der Waals surface area contributed by atoms with Gasteiger partial charge in [0.2, 0.25) is 0 Å². The number of hydrogen-bond donors (Lipinski definition) is 1. The van der Waals surface area contributed by atoms with Crippen LogP contribution < -0.4 is 5.32 Å². The van der Waals surface area contributed by atoms with E-state index in [0.29, 0.717) is 11.7 Å². The highest BCUT2D eigenvalue weighted by atomic mass is 32.2. The van der Waals surface area contributed by atoms with Crippen molar-refractivity contribution in [3.05, 3.63) is 58.4 Å². The minimum atomic E-state index is -0.415. The zero-order valence-electron chi connectivity index (χ0n) is 15.0. The van der Waals surface area contributed by atoms with E-state index in [1.165, 1.54) is 17.3 Å². The Morgan fingerprint density at radius 1 is 1.35 bits per heavy atom. The van der Waals surface area contributed by atoms with Gasteiger partial charge in [-0.3, -0.25) is 9.79 Å². The number of aryl methyl sites for hydroxylation is 2. The van der Waals surface area contributed by atoms with Gasteiger partial charge in [0.1, 0.15) is 11.6 Å². The number of hydrogen-bond acceptors (Lipinski definition) is 4. The van der Waals surface area contributed by atoms with Crippen molar-refractivity contribution in [2.75, 3.05) is 12.3 Å². The van der Waals surface area contributed by atoms with Crippen molar-refractivity contribution in [1.82, 2.24) is 9.88 Å². The summed E-state index contributed by atoms with van der Waals surface area (Å²) in [5.74, 6) is 0.444. The van der Waals surface area contributed by atoms with Crippen LogP contribution in [0.25, 0.3) is 11.8 Å². The first-order valence-corrected chi connectivity index (χ1v) is 9.35. The molecule has 132 valence electrons. The van der Waals surface area contributed by atoms with Crippen molar-refractivity contribution < 1.29 is 4.79 Å². The Labute approximate surface area is 157 Å². The summed E-state index contributed by atoms with van der Waals surface area (Å²) in [4.78, 5) is 16.6. The number of amidine groups is 1. The second-order valence-electron chi connectivity index (χ2n) is 6.11. The van der Waals surface area contributed by atoms with E-state index in [0.717, 1.165) is 28.4 Å². The maximum absolute atomic E-state index is 12.4. The number of amides is 1. The van der Waals surface area contributed by atoms with Gasteiger partial charge in [-0.05, 0) is 50.1 Å². The highest BCUT2D eigenvalue weighted by molar-refractivity contribution is 8.14. The van der Waals surface area contributed by atoms with E-state index >= 15 is 0 Å². The van der Waals surface area contributed by atoms with Gasteiger partial charge in [0, 0.05) is 22.8 Å². The van der Waals surface area contributed by atoms with Gasteiger partial charge in [-0.15, -0.1) is 0 Å². The number of aromatic nitrogens is 1. The molecule has 1 aromatic heterocycles. The van der Waals surface area contributed by atoms with Gasteiger partial charge in [-0.2, -0.15) is 5.26 Å². The summed E-state index contributed by atoms with van der Waals surface area (Å²) in [5.41, 5.74) is 5.24. The average Bonchev–Trinajstić information content (AvgIpc) is 3.22. The Balaban J connectivity index is 1.95. The van der Waals surface area contributed by atoms with Crippen molar-refractivity contribution in [1.29, 1.82) is 5.26 Å². The van der Waals surface area contributed by atoms with Crippen LogP contribution in [0.2, 0.25) is 0 Å². The van der Waals surface area contributed by atoms with Crippen LogP contribution in [0.4, 0.5) is 0 Å². The van der Waals surface area contributed by atoms with Crippen molar-refractivity contribution in [3.63, 3.8) is 0 Å². The molecule has 3 rings (SSSR count). The SMILES string of the molecule is Cc1ccccc1-n1c(C)cc(/C=C(\C#N)C(=O)NC2=NCCS2)c1C. The lowest BCUT2D eigenvalue weighted by Gasteiger charge is -2.12. The van der Waals surface area contributed by atoms with Crippen molar-refractivity contribution in [2.24, 2.45) is 4.99 Å². The number of nitrogens with one attached hydrogen (secondary N) is 1. The molecular weight excluding hydrogens is 344 g/mol. The third kappa shape index (κ3) is 3.58. The lowest BCUT2D eigenvalue weighted by molar-refractivity contribution is -0.115. The highest BCUT2D eigenvalue weighted by Crippen LogP contribution is 2.24. The standard InChI is InChI=1S/C20H20N4OS/c1-13-6-4-5-7-18(13)24-14(2)10-16(15(24)3)11-17(12-21)19(25)23-20-22-8-9-26-20/h4-7,10-11H,8-9H2,1-3H3,(H,22,23,25)/b17-11+. The van der Waals surface area contributed by atoms with E-state index in [1.807, 2.05) is 38.1 Å². The lowest BCUT2D eigenvalue weighted by atomic mass is 10.1. The van der Waals surface area contributed by atoms with Crippen LogP contribution >= 0.6 is 11.8 Å². The number of nitriles is 1. The Morgan fingerprint density at radius 3 is 2.77 bits per heavy atom. The van der Waals surface area contributed by atoms with E-state index in [-0.39, 0.29) is 5.57 Å². The molecular formula is C20H20N4OS. The molecule has 1 aliphatic heterocycles. The molecule has 6 heteroatoms. The molecule has 1 aliphatic rings. The van der Waals surface area contributed by atoms with Crippen molar-refractivity contribution in [3.8, 4) is 11.8 Å². The van der Waals surface area contributed by atoms with Crippen LogP contribution in [0.5, 0.6) is 0 Å². The molecule has 0 atom stereocenters. The number of thioether (sulfide) groups is 1. The number of nitrogens with zero attached hydrogens (tertiary/aromatic N) is 3. The predicted octanol–water partition coefficient (Wildman–Crippen LogP) is 3.53. The largest absolute Gasteiger partial charge is 0.318 e. The number of para-hydroxylation sites is 1. The van der Waals surface area contributed by atoms with Crippen LogP contribution in [0.15, 0.2) is 40.9 Å². The fraction of sp³-hybridized carbons (Fsp3) is 0.250. The van der Waals surface area contributed by atoms with Gasteiger partial charge >= 0.3 is 0 Å². The molecule has 2 aromatic rings. The normalized spacial score (nSPS) is 14.1. The van der Waals surface area contributed by atoms with Crippen LogP contribution in [0, 0.1) is 32.1 Å². The summed E-state index contributed by atoms with van der Waals surface area (Å²) in [7, 11) is 0. The molecule has 0 unspecified atom stereocenters. The van der Waals surface area contributed by atoms with Gasteiger partial charge in [-0.1, -0.05) is 30.0 Å². The molecule has 5 nitrogen and oxygen atoms in total. The molecule has 0 saturated carbocycles. The van der Waals surface area contributed by atoms with Gasteiger partial charge in [-0.25, -0.2) is 0 Å². The smallest absolute Gasteiger partial charge is 0.267 e. The van der Waals surface area contributed by atoms with Crippen LogP contribution in [0.1, 0.15) is 22.5 Å². The molecule has 1 aromatic carbocycles. The minimum Gasteiger partial charge on any atom is -0.318 e. The summed E-state index contributed by atoms with van der Waals surface area (Å²) >= 11 is 1.49. The first-order valence-electron chi connectivity index (χ1n) is 8.36. The summed E-state index contributed by atoms with van der Waals surface area (Å²) in [6, 6.07) is 12.1. The lowest BCUT2D eigenvalue weighted by Crippen LogP contribution is -2.28. The van der Waals surface area contributed by atoms with Gasteiger partial charge < -0.3 is 9.88 Å². The van der Waals surface area contributed by atoms with Crippen LogP contribution in [0.3, 0.4) is 0 Å². The molecule has 0 fully saturated rings. The topological polar surface area (TPSA) is 70.2 Å². The van der Waals surface area contributed by atoms with Crippen molar-refractivity contribution in [2.45, 2.75) is 20.8 Å². The second-order valence-corrected chi connectivity index (χ2v) is 7.19. The Morgan fingerprint density at radius 2 is 2.12 bits per heavy atom. The second kappa shape index (κ2) is 7.63. The van der Waals surface area contributed by atoms with Crippen LogP contribution in [-0.2, 0) is 4.79 Å². The fourth-order valence-corrected chi connectivity index (χ4v) is 3.72. The molecule has 1 amide bonds. The fourth-order valence-electron chi connectivity index (χ4n) is 3.00. The summed E-state index contributed by atoms with van der Waals surface area (Å²) in [5, 5.41) is 12.7. The Bertz CT molecular complexity index is 963. The number of carbonyl (C=O) groups is 1. The molecule has 0 spiro atoms. The molecule has 0 bridgehead atoms. The third-order valence-corrected chi connectivity index (χ3v) is 5.19. The first kappa shape index (κ1) is 18.0. The zero-order chi connectivity index (χ0) is 18.7. The molecule has 2 heterocycles. The maximum Gasteiger partial charge on any atom is 0.267 e. The first-order chi connectivity index (χ1) is 12.5. The summed E-state index contributed by atoms with van der Waals surface area (Å²) in [6.45, 7) is 6.78. The number of rotatable bonds is 3. The molecule has 26 heavy (non-hydrogen) atoms. The van der Waals surface area contributed by atoms with Crippen molar-refractivity contribution >= 4 is 28.9 Å². The van der Waals surface area contributed by atoms with E-state index in [4.69, 9.17) is 0 Å². The average molecular weight is 364 g/mol. The predicted molar refractivity (Wildman–Crippen MR) is 106 cm³/mol. The Hall–Kier alpha value is -2.78. The number of aliphatic imine (C=N–C) groups is 1. The number of benzene rings is 1. The number of carbonyl (C=O) groups excluding carboxylic acids is 1. The maximum atomic E-state index is 12.4. The quantitative estimate of drug-likeness (QED) is 0.669. The zero-order valence-corrected chi connectivity index (χ0v) is 15.9. The minimum absolute atomic E-state index is 0.0743. The van der Waals surface area contributed by atoms with Gasteiger partial charge in [0.15, 0.2) is 5.17 Å². The van der Waals surface area contributed by atoms with Gasteiger partial charge in [0.05, 0.1) is 6.54 Å². The molecule has 0 radical (unpaired) electrons. The van der Waals surface area contributed by atoms with E-state index in [2.05, 4.69) is 33.9 Å². The summed E-state index contributed by atoms with van der Waals surface area (Å²) < 4.78 is 2.14. The van der Waals surface area contributed by atoms with Gasteiger partial charge in [0.25, 0.3) is 5.91 Å². The molecule has 1 N–H and O–H groups in total. The third-order valence-electron chi connectivity index (χ3n) is 4.30. The van der Waals surface area contributed by atoms with E-state index in [1.54, 1.807) is 6.08 Å². The van der Waals surface area contributed by atoms with Crippen LogP contribution in [-0.4, -0.2) is 27.9 Å². The Kier molecular flexibility index (Phi) is 5.29. The summed E-state index contributed by atoms with van der Waals surface area (Å²) in [6.07, 6.45) is 1.65.